The number of hydrogen-bond donors (Lipinski definition) is 2. The van der Waals surface area contributed by atoms with Crippen molar-refractivity contribution >= 4 is 5.91 Å². The van der Waals surface area contributed by atoms with Crippen molar-refractivity contribution < 1.29 is 9.53 Å². The third kappa shape index (κ3) is 3.19. The molecule has 2 heterocycles. The molecule has 1 atom stereocenters. The molecule has 1 unspecified atom stereocenters. The first-order chi connectivity index (χ1) is 7.55. The summed E-state index contributed by atoms with van der Waals surface area (Å²) in [5.74, 6) is 0.752. The van der Waals surface area contributed by atoms with Crippen LogP contribution in [-0.2, 0) is 9.53 Å². The van der Waals surface area contributed by atoms with Crippen molar-refractivity contribution in [3.63, 3.8) is 0 Å². The second-order valence-corrected chi connectivity index (χ2v) is 5.59. The number of carbonyl (C=O) groups is 1. The molecule has 2 fully saturated rings. The molecule has 0 saturated carbocycles. The molecule has 0 aromatic heterocycles. The molecule has 0 aliphatic carbocycles. The SMILES string of the molecule is CC1(C)CC(NC(=O)CC2CNC2)CCO1. The van der Waals surface area contributed by atoms with E-state index in [2.05, 4.69) is 24.5 Å². The van der Waals surface area contributed by atoms with Crippen LogP contribution < -0.4 is 10.6 Å². The second kappa shape index (κ2) is 4.72. The van der Waals surface area contributed by atoms with E-state index >= 15 is 0 Å². The standard InChI is InChI=1S/C12H22N2O2/c1-12(2)6-10(3-4-16-12)14-11(15)5-9-7-13-8-9/h9-10,13H,3-8H2,1-2H3,(H,14,15). The molecule has 2 aliphatic heterocycles. The number of nitrogens with one attached hydrogen (secondary N) is 2. The zero-order chi connectivity index (χ0) is 11.6. The molecule has 92 valence electrons. The smallest absolute Gasteiger partial charge is 0.220 e. The average molecular weight is 226 g/mol. The number of carbonyl (C=O) groups excluding carboxylic acids is 1. The molecule has 0 spiro atoms. The summed E-state index contributed by atoms with van der Waals surface area (Å²) in [6.07, 6.45) is 2.53. The van der Waals surface area contributed by atoms with Crippen LogP contribution in [0.15, 0.2) is 0 Å². The number of rotatable bonds is 3. The van der Waals surface area contributed by atoms with Crippen molar-refractivity contribution in [2.75, 3.05) is 19.7 Å². The second-order valence-electron chi connectivity index (χ2n) is 5.59. The molecule has 2 aliphatic rings. The van der Waals surface area contributed by atoms with Gasteiger partial charge in [0.1, 0.15) is 0 Å². The van der Waals surface area contributed by atoms with E-state index < -0.39 is 0 Å². The lowest BCUT2D eigenvalue weighted by atomic mass is 9.93. The largest absolute Gasteiger partial charge is 0.375 e. The fourth-order valence-corrected chi connectivity index (χ4v) is 2.40. The Morgan fingerprint density at radius 1 is 1.50 bits per heavy atom. The summed E-state index contributed by atoms with van der Waals surface area (Å²) in [6.45, 7) is 6.91. The van der Waals surface area contributed by atoms with Gasteiger partial charge in [0.05, 0.1) is 5.60 Å². The van der Waals surface area contributed by atoms with Gasteiger partial charge in [0.2, 0.25) is 5.91 Å². The predicted octanol–water partition coefficient (Wildman–Crippen LogP) is 0.670. The zero-order valence-electron chi connectivity index (χ0n) is 10.2. The molecule has 0 radical (unpaired) electrons. The Kier molecular flexibility index (Phi) is 3.50. The monoisotopic (exact) mass is 226 g/mol. The summed E-state index contributed by atoms with van der Waals surface area (Å²) in [7, 11) is 0. The van der Waals surface area contributed by atoms with Crippen LogP contribution in [0.3, 0.4) is 0 Å². The molecule has 2 rings (SSSR count). The normalized spacial score (nSPS) is 29.5. The first-order valence-corrected chi connectivity index (χ1v) is 6.19. The van der Waals surface area contributed by atoms with Gasteiger partial charge in [-0.3, -0.25) is 4.79 Å². The van der Waals surface area contributed by atoms with Gasteiger partial charge in [0.15, 0.2) is 0 Å². The minimum absolute atomic E-state index is 0.0891. The molecule has 4 nitrogen and oxygen atoms in total. The maximum Gasteiger partial charge on any atom is 0.220 e. The van der Waals surface area contributed by atoms with E-state index in [9.17, 15) is 4.79 Å². The van der Waals surface area contributed by atoms with E-state index in [1.807, 2.05) is 0 Å². The third-order valence-corrected chi connectivity index (χ3v) is 3.40. The Bertz CT molecular complexity index is 262. The third-order valence-electron chi connectivity index (χ3n) is 3.40. The van der Waals surface area contributed by atoms with Crippen molar-refractivity contribution in [2.24, 2.45) is 5.92 Å². The van der Waals surface area contributed by atoms with E-state index in [0.717, 1.165) is 32.5 Å². The number of hydrogen-bond acceptors (Lipinski definition) is 3. The maximum absolute atomic E-state index is 11.7. The Labute approximate surface area is 97.1 Å². The topological polar surface area (TPSA) is 50.4 Å². The predicted molar refractivity (Wildman–Crippen MR) is 62.2 cm³/mol. The van der Waals surface area contributed by atoms with Gasteiger partial charge in [-0.15, -0.1) is 0 Å². The molecule has 0 bridgehead atoms. The van der Waals surface area contributed by atoms with E-state index in [-0.39, 0.29) is 11.5 Å². The first-order valence-electron chi connectivity index (χ1n) is 6.19. The zero-order valence-corrected chi connectivity index (χ0v) is 10.2. The van der Waals surface area contributed by atoms with E-state index in [1.54, 1.807) is 0 Å². The van der Waals surface area contributed by atoms with Crippen LogP contribution in [0.1, 0.15) is 33.1 Å². The molecule has 0 aromatic rings. The highest BCUT2D eigenvalue weighted by Gasteiger charge is 2.30. The van der Waals surface area contributed by atoms with Crippen molar-refractivity contribution in [2.45, 2.75) is 44.8 Å². The summed E-state index contributed by atoms with van der Waals surface area (Å²) in [6, 6.07) is 0.296. The van der Waals surface area contributed by atoms with Gasteiger partial charge in [0, 0.05) is 19.1 Å². The number of amides is 1. The van der Waals surface area contributed by atoms with E-state index in [4.69, 9.17) is 4.74 Å². The van der Waals surface area contributed by atoms with Crippen LogP contribution in [0.2, 0.25) is 0 Å². The van der Waals surface area contributed by atoms with Crippen LogP contribution >= 0.6 is 0 Å². The fourth-order valence-electron chi connectivity index (χ4n) is 2.40. The summed E-state index contributed by atoms with van der Waals surface area (Å²) in [5, 5.41) is 6.31. The van der Waals surface area contributed by atoms with Gasteiger partial charge in [-0.05, 0) is 45.7 Å². The molecule has 1 amide bonds. The van der Waals surface area contributed by atoms with Gasteiger partial charge in [-0.1, -0.05) is 0 Å². The van der Waals surface area contributed by atoms with Crippen molar-refractivity contribution in [1.29, 1.82) is 0 Å². The lowest BCUT2D eigenvalue weighted by Gasteiger charge is -2.36. The number of ether oxygens (including phenoxy) is 1. The highest BCUT2D eigenvalue weighted by atomic mass is 16.5. The summed E-state index contributed by atoms with van der Waals surface area (Å²) >= 11 is 0. The van der Waals surface area contributed by atoms with E-state index in [1.165, 1.54) is 0 Å². The molecular formula is C12H22N2O2. The van der Waals surface area contributed by atoms with Crippen molar-refractivity contribution in [3.05, 3.63) is 0 Å². The Balaban J connectivity index is 1.73. The van der Waals surface area contributed by atoms with Crippen LogP contribution in [0.25, 0.3) is 0 Å². The van der Waals surface area contributed by atoms with Gasteiger partial charge in [-0.2, -0.15) is 0 Å². The van der Waals surface area contributed by atoms with E-state index in [0.29, 0.717) is 18.4 Å². The highest BCUT2D eigenvalue weighted by Crippen LogP contribution is 2.24. The Hall–Kier alpha value is -0.610. The lowest BCUT2D eigenvalue weighted by Crippen LogP contribution is -2.48. The minimum Gasteiger partial charge on any atom is -0.375 e. The van der Waals surface area contributed by atoms with Gasteiger partial charge < -0.3 is 15.4 Å². The van der Waals surface area contributed by atoms with Crippen LogP contribution in [0, 0.1) is 5.92 Å². The summed E-state index contributed by atoms with van der Waals surface area (Å²) < 4.78 is 5.63. The quantitative estimate of drug-likeness (QED) is 0.743. The van der Waals surface area contributed by atoms with Crippen molar-refractivity contribution in [3.8, 4) is 0 Å². The Morgan fingerprint density at radius 2 is 2.25 bits per heavy atom. The van der Waals surface area contributed by atoms with Crippen LogP contribution in [-0.4, -0.2) is 37.2 Å². The highest BCUT2D eigenvalue weighted by molar-refractivity contribution is 5.76. The summed E-state index contributed by atoms with van der Waals surface area (Å²) in [5.41, 5.74) is -0.0891. The first kappa shape index (κ1) is 11.9. The maximum atomic E-state index is 11.7. The summed E-state index contributed by atoms with van der Waals surface area (Å²) in [4.78, 5) is 11.7. The minimum atomic E-state index is -0.0891. The Morgan fingerprint density at radius 3 is 2.81 bits per heavy atom. The average Bonchev–Trinajstić information content (AvgIpc) is 2.10. The van der Waals surface area contributed by atoms with Crippen molar-refractivity contribution in [1.82, 2.24) is 10.6 Å². The van der Waals surface area contributed by atoms with Crippen LogP contribution in [0.4, 0.5) is 0 Å². The van der Waals surface area contributed by atoms with Gasteiger partial charge in [-0.25, -0.2) is 0 Å². The molecule has 4 heteroatoms. The molecule has 0 aromatic carbocycles. The van der Waals surface area contributed by atoms with Crippen LogP contribution in [0.5, 0.6) is 0 Å². The lowest BCUT2D eigenvalue weighted by molar-refractivity contribution is -0.125. The molecule has 2 N–H and O–H groups in total. The van der Waals surface area contributed by atoms with Gasteiger partial charge in [0.25, 0.3) is 0 Å². The molecule has 16 heavy (non-hydrogen) atoms. The fraction of sp³-hybridized carbons (Fsp3) is 0.917. The molecule has 2 saturated heterocycles. The van der Waals surface area contributed by atoms with Gasteiger partial charge >= 0.3 is 0 Å². The molecular weight excluding hydrogens is 204 g/mol.